The molecule has 2 aromatic carbocycles. The van der Waals surface area contributed by atoms with Gasteiger partial charge in [0.1, 0.15) is 25.6 Å². The maximum Gasteiger partial charge on any atom is 0.270 e. The first kappa shape index (κ1) is 27.5. The molecule has 0 spiro atoms. The van der Waals surface area contributed by atoms with Crippen LogP contribution in [-0.2, 0) is 9.53 Å². The van der Waals surface area contributed by atoms with E-state index < -0.39 is 0 Å². The predicted octanol–water partition coefficient (Wildman–Crippen LogP) is 5.33. The predicted molar refractivity (Wildman–Crippen MR) is 153 cm³/mol. The molecule has 7 nitrogen and oxygen atoms in total. The lowest BCUT2D eigenvalue weighted by Crippen LogP contribution is -2.38. The smallest absolute Gasteiger partial charge is 0.270 e. The standard InChI is InChI=1S/C30H33ClN4O3/c1-4-28(36)34-29-24-18-22(11-10-21(24)12-15-25(29)31)26-6-5-7-27(33-26)30(37)32-23-13-8-20(9-14-23)19-35(2)16-17-38-3/h4-7,10-12,15,18-20,23H,1,8-9,13-14,16-17H2,2-3H3,(H-,32,33,34,36,37)/p+1. The van der Waals surface area contributed by atoms with Gasteiger partial charge in [-0.05, 0) is 61.4 Å². The maximum atomic E-state index is 13.1. The van der Waals surface area contributed by atoms with Gasteiger partial charge in [-0.25, -0.2) is 9.56 Å². The number of hydrogen-bond donors (Lipinski definition) is 2. The lowest BCUT2D eigenvalue weighted by molar-refractivity contribution is -0.497. The second-order valence-corrected chi connectivity index (χ2v) is 10.1. The van der Waals surface area contributed by atoms with Crippen LogP contribution in [0.4, 0.5) is 5.69 Å². The molecule has 2 amide bonds. The third kappa shape index (κ3) is 6.85. The van der Waals surface area contributed by atoms with Crippen molar-refractivity contribution in [2.45, 2.75) is 31.7 Å². The number of hydrogen-bond acceptors (Lipinski definition) is 4. The van der Waals surface area contributed by atoms with Crippen LogP contribution in [0.3, 0.4) is 0 Å². The monoisotopic (exact) mass is 533 g/mol. The summed E-state index contributed by atoms with van der Waals surface area (Å²) < 4.78 is 7.34. The molecule has 1 aliphatic carbocycles. The van der Waals surface area contributed by atoms with Gasteiger partial charge in [-0.2, -0.15) is 0 Å². The number of carbonyl (C=O) groups is 2. The maximum absolute atomic E-state index is 13.1. The fourth-order valence-corrected chi connectivity index (χ4v) is 5.03. The largest absolute Gasteiger partial charge is 0.378 e. The third-order valence-electron chi connectivity index (χ3n) is 6.90. The molecule has 0 unspecified atom stereocenters. The van der Waals surface area contributed by atoms with Crippen molar-refractivity contribution in [3.05, 3.63) is 71.9 Å². The topological polar surface area (TPSA) is 83.3 Å². The van der Waals surface area contributed by atoms with E-state index in [2.05, 4.69) is 40.0 Å². The van der Waals surface area contributed by atoms with Crippen molar-refractivity contribution in [1.29, 1.82) is 0 Å². The number of anilines is 1. The highest BCUT2D eigenvalue weighted by Gasteiger charge is 2.24. The van der Waals surface area contributed by atoms with Crippen molar-refractivity contribution in [3.63, 3.8) is 0 Å². The lowest BCUT2D eigenvalue weighted by atomic mass is 9.86. The van der Waals surface area contributed by atoms with Crippen LogP contribution in [-0.4, -0.2) is 60.9 Å². The summed E-state index contributed by atoms with van der Waals surface area (Å²) in [5.74, 6) is 0.0138. The number of ether oxygens (including phenoxy) is 1. The Balaban J connectivity index is 1.46. The highest BCUT2D eigenvalue weighted by molar-refractivity contribution is 6.35. The number of nitrogens with zero attached hydrogens (tertiary/aromatic N) is 2. The van der Waals surface area contributed by atoms with E-state index in [0.717, 1.165) is 48.6 Å². The minimum absolute atomic E-state index is 0.140. The Hall–Kier alpha value is -3.55. The molecule has 3 aromatic rings. The van der Waals surface area contributed by atoms with E-state index in [-0.39, 0.29) is 17.9 Å². The van der Waals surface area contributed by atoms with E-state index in [9.17, 15) is 9.59 Å². The van der Waals surface area contributed by atoms with Crippen molar-refractivity contribution in [2.24, 2.45) is 5.92 Å². The number of carbonyl (C=O) groups excluding carboxylic acids is 2. The Morgan fingerprint density at radius 3 is 2.66 bits per heavy atom. The highest BCUT2D eigenvalue weighted by atomic mass is 35.5. The van der Waals surface area contributed by atoms with Gasteiger partial charge in [-0.3, -0.25) is 9.59 Å². The highest BCUT2D eigenvalue weighted by Crippen LogP contribution is 2.34. The lowest BCUT2D eigenvalue weighted by Gasteiger charge is -2.26. The number of methoxy groups -OCH3 is 1. The van der Waals surface area contributed by atoms with E-state index in [1.54, 1.807) is 19.2 Å². The summed E-state index contributed by atoms with van der Waals surface area (Å²) in [4.78, 5) is 29.7. The molecule has 8 heteroatoms. The molecular weight excluding hydrogens is 500 g/mol. The summed E-state index contributed by atoms with van der Waals surface area (Å²) in [5, 5.41) is 8.10. The molecule has 4 rings (SSSR count). The van der Waals surface area contributed by atoms with Crippen molar-refractivity contribution >= 4 is 46.1 Å². The quantitative estimate of drug-likeness (QED) is 0.221. The Morgan fingerprint density at radius 1 is 1.16 bits per heavy atom. The number of nitrogens with one attached hydrogen (secondary N) is 2. The van der Waals surface area contributed by atoms with Gasteiger partial charge in [0.05, 0.1) is 16.4 Å². The molecule has 2 N–H and O–H groups in total. The molecule has 0 aliphatic heterocycles. The normalized spacial score (nSPS) is 17.7. The number of amides is 2. The Kier molecular flexibility index (Phi) is 9.26. The minimum Gasteiger partial charge on any atom is -0.378 e. The first-order chi connectivity index (χ1) is 18.4. The van der Waals surface area contributed by atoms with Crippen LogP contribution in [0.15, 0.2) is 61.2 Å². The average Bonchev–Trinajstić information content (AvgIpc) is 2.94. The fourth-order valence-electron chi connectivity index (χ4n) is 4.82. The molecule has 1 aromatic heterocycles. The van der Waals surface area contributed by atoms with Crippen LogP contribution in [0.2, 0.25) is 5.02 Å². The molecule has 0 bridgehead atoms. The SMILES string of the molecule is C=CC(=O)Nc1c(Cl)ccc2ccc(-c3cccc(C(=O)NC4CCC(C=[N+](C)CCOC)CC4)n3)cc12. The van der Waals surface area contributed by atoms with Crippen molar-refractivity contribution in [3.8, 4) is 11.3 Å². The molecular formula is C30H34ClN4O3+. The summed E-state index contributed by atoms with van der Waals surface area (Å²) >= 11 is 6.39. The fraction of sp³-hybridized carbons (Fsp3) is 0.333. The van der Waals surface area contributed by atoms with Crippen LogP contribution in [0, 0.1) is 5.92 Å². The molecule has 1 aliphatic rings. The molecule has 0 atom stereocenters. The second kappa shape index (κ2) is 12.8. The Labute approximate surface area is 228 Å². The summed E-state index contributed by atoms with van der Waals surface area (Å²) in [6.07, 6.45) is 7.45. The van der Waals surface area contributed by atoms with Crippen molar-refractivity contribution in [2.75, 3.05) is 32.6 Å². The van der Waals surface area contributed by atoms with Crippen LogP contribution in [0.5, 0.6) is 0 Å². The van der Waals surface area contributed by atoms with Gasteiger partial charge in [-0.15, -0.1) is 0 Å². The van der Waals surface area contributed by atoms with Gasteiger partial charge < -0.3 is 15.4 Å². The first-order valence-corrected chi connectivity index (χ1v) is 13.2. The number of halogens is 1. The number of fused-ring (bicyclic) bond motifs is 1. The van der Waals surface area contributed by atoms with Crippen LogP contribution in [0.25, 0.3) is 22.0 Å². The van der Waals surface area contributed by atoms with Crippen LogP contribution < -0.4 is 10.6 Å². The zero-order valence-electron chi connectivity index (χ0n) is 21.9. The average molecular weight is 534 g/mol. The Bertz CT molecular complexity index is 1360. The number of aromatic nitrogens is 1. The van der Waals surface area contributed by atoms with E-state index >= 15 is 0 Å². The zero-order valence-corrected chi connectivity index (χ0v) is 22.6. The number of likely N-dealkylation sites (N-methyl/N-ethyl adjacent to an activating group) is 1. The molecule has 1 fully saturated rings. The second-order valence-electron chi connectivity index (χ2n) is 9.67. The van der Waals surface area contributed by atoms with Crippen LogP contribution >= 0.6 is 11.6 Å². The van der Waals surface area contributed by atoms with Crippen LogP contribution in [0.1, 0.15) is 36.2 Å². The zero-order chi connectivity index (χ0) is 27.1. The third-order valence-corrected chi connectivity index (χ3v) is 7.22. The van der Waals surface area contributed by atoms with E-state index in [1.807, 2.05) is 36.4 Å². The molecule has 1 heterocycles. The summed E-state index contributed by atoms with van der Waals surface area (Å²) in [6.45, 7) is 5.11. The molecule has 38 heavy (non-hydrogen) atoms. The van der Waals surface area contributed by atoms with Crippen molar-refractivity contribution < 1.29 is 18.9 Å². The first-order valence-electron chi connectivity index (χ1n) is 12.9. The van der Waals surface area contributed by atoms with Gasteiger partial charge >= 0.3 is 0 Å². The van der Waals surface area contributed by atoms with Gasteiger partial charge in [0.2, 0.25) is 5.91 Å². The Morgan fingerprint density at radius 2 is 1.92 bits per heavy atom. The summed E-state index contributed by atoms with van der Waals surface area (Å²) in [7, 11) is 3.79. The van der Waals surface area contributed by atoms with E-state index in [1.165, 1.54) is 6.08 Å². The van der Waals surface area contributed by atoms with Crippen molar-refractivity contribution in [1.82, 2.24) is 10.3 Å². The van der Waals surface area contributed by atoms with Gasteiger partial charge in [0.25, 0.3) is 5.91 Å². The molecule has 198 valence electrons. The number of pyridine rings is 1. The molecule has 1 saturated carbocycles. The molecule has 0 radical (unpaired) electrons. The van der Waals surface area contributed by atoms with E-state index in [4.69, 9.17) is 16.3 Å². The minimum atomic E-state index is -0.341. The van der Waals surface area contributed by atoms with E-state index in [0.29, 0.717) is 34.6 Å². The number of benzene rings is 2. The summed E-state index contributed by atoms with van der Waals surface area (Å²) in [5.41, 5.74) is 2.37. The molecule has 0 saturated heterocycles. The van der Waals surface area contributed by atoms with Gasteiger partial charge in [-0.1, -0.05) is 42.4 Å². The van der Waals surface area contributed by atoms with Gasteiger partial charge in [0, 0.05) is 30.0 Å². The number of rotatable bonds is 9. The summed E-state index contributed by atoms with van der Waals surface area (Å²) in [6, 6.07) is 15.0. The van der Waals surface area contributed by atoms with Gasteiger partial charge in [0.15, 0.2) is 6.54 Å².